The van der Waals surface area contributed by atoms with Crippen LogP contribution in [-0.2, 0) is 4.74 Å². The molecule has 7 nitrogen and oxygen atoms in total. The molecule has 0 amide bonds. The topological polar surface area (TPSA) is 82.0 Å². The number of anilines is 2. The molecule has 2 aromatic heterocycles. The minimum absolute atomic E-state index is 0.163. The fourth-order valence-electron chi connectivity index (χ4n) is 4.88. The SMILES string of the molecule is Oc1c(N2CCSCCOCCSCCN(c3cc(Cl)c4cccnc4c3O)CCSCC2)cc(Cl)c2cccnc12. The van der Waals surface area contributed by atoms with Crippen molar-refractivity contribution in [2.24, 2.45) is 0 Å². The van der Waals surface area contributed by atoms with Crippen LogP contribution in [0.25, 0.3) is 21.8 Å². The lowest BCUT2D eigenvalue weighted by Crippen LogP contribution is -2.30. The predicted octanol–water partition coefficient (Wildman–Crippen LogP) is 7.04. The van der Waals surface area contributed by atoms with Crippen LogP contribution >= 0.6 is 58.5 Å². The molecule has 1 saturated heterocycles. The quantitative estimate of drug-likeness (QED) is 0.233. The molecule has 0 aliphatic carbocycles. The average Bonchev–Trinajstić information content (AvgIpc) is 3.01. The molecule has 0 spiro atoms. The monoisotopic (exact) mass is 664 g/mol. The predicted molar refractivity (Wildman–Crippen MR) is 184 cm³/mol. The first-order valence-electron chi connectivity index (χ1n) is 13.9. The number of hydrogen-bond acceptors (Lipinski definition) is 10. The molecule has 0 radical (unpaired) electrons. The smallest absolute Gasteiger partial charge is 0.165 e. The molecule has 0 unspecified atom stereocenters. The highest BCUT2D eigenvalue weighted by Gasteiger charge is 2.19. The lowest BCUT2D eigenvalue weighted by atomic mass is 10.1. The van der Waals surface area contributed by atoms with Crippen LogP contribution in [0, 0.1) is 0 Å². The van der Waals surface area contributed by atoms with E-state index in [4.69, 9.17) is 27.9 Å². The van der Waals surface area contributed by atoms with E-state index in [1.807, 2.05) is 71.7 Å². The van der Waals surface area contributed by atoms with Crippen LogP contribution in [-0.4, -0.2) is 94.1 Å². The lowest BCUT2D eigenvalue weighted by Gasteiger charge is -2.28. The standard InChI is InChI=1S/C30H34Cl2N4O3S3/c31-23-19-25(29(37)27-21(23)3-1-5-33-27)35-7-13-40-14-8-36(10-16-42-18-12-39-11-17-41-15-9-35)26-20-24(32)22-4-2-6-34-28(22)30(26)38/h1-6,19-20,37-38H,7-18H2. The molecule has 1 aliphatic rings. The van der Waals surface area contributed by atoms with E-state index in [1.165, 1.54) is 0 Å². The Hall–Kier alpha value is -1.95. The van der Waals surface area contributed by atoms with Gasteiger partial charge in [-0.05, 0) is 36.4 Å². The van der Waals surface area contributed by atoms with Gasteiger partial charge in [0.15, 0.2) is 11.5 Å². The van der Waals surface area contributed by atoms with E-state index in [1.54, 1.807) is 12.4 Å². The maximum atomic E-state index is 11.2. The summed E-state index contributed by atoms with van der Waals surface area (Å²) in [6, 6.07) is 11.1. The average molecular weight is 666 g/mol. The summed E-state index contributed by atoms with van der Waals surface area (Å²) in [6.07, 6.45) is 3.35. The van der Waals surface area contributed by atoms with E-state index in [0.717, 1.165) is 71.5 Å². The van der Waals surface area contributed by atoms with Crippen molar-refractivity contribution < 1.29 is 14.9 Å². The Morgan fingerprint density at radius 3 is 1.48 bits per heavy atom. The number of thioether (sulfide) groups is 3. The van der Waals surface area contributed by atoms with Gasteiger partial charge >= 0.3 is 0 Å². The van der Waals surface area contributed by atoms with E-state index >= 15 is 0 Å². The van der Waals surface area contributed by atoms with Crippen LogP contribution < -0.4 is 9.80 Å². The van der Waals surface area contributed by atoms with Crippen LogP contribution in [0.3, 0.4) is 0 Å². The number of benzene rings is 2. The molecule has 42 heavy (non-hydrogen) atoms. The Morgan fingerprint density at radius 2 is 1.05 bits per heavy atom. The van der Waals surface area contributed by atoms with Gasteiger partial charge in [0, 0.05) is 83.9 Å². The van der Waals surface area contributed by atoms with Gasteiger partial charge < -0.3 is 24.7 Å². The van der Waals surface area contributed by atoms with Gasteiger partial charge in [0.25, 0.3) is 0 Å². The summed E-state index contributed by atoms with van der Waals surface area (Å²) in [6.45, 7) is 4.45. The summed E-state index contributed by atoms with van der Waals surface area (Å²) < 4.78 is 5.86. The molecule has 0 saturated carbocycles. The summed E-state index contributed by atoms with van der Waals surface area (Å²) >= 11 is 18.8. The van der Waals surface area contributed by atoms with Gasteiger partial charge in [-0.1, -0.05) is 23.2 Å². The van der Waals surface area contributed by atoms with Crippen molar-refractivity contribution in [2.75, 3.05) is 83.7 Å². The van der Waals surface area contributed by atoms with Crippen molar-refractivity contribution >= 4 is 91.7 Å². The summed E-state index contributed by atoms with van der Waals surface area (Å²) in [5.41, 5.74) is 2.45. The van der Waals surface area contributed by atoms with Gasteiger partial charge in [0.1, 0.15) is 11.0 Å². The van der Waals surface area contributed by atoms with Crippen LogP contribution in [0.4, 0.5) is 11.4 Å². The third-order valence-corrected chi connectivity index (χ3v) is 10.5. The Kier molecular flexibility index (Phi) is 11.7. The summed E-state index contributed by atoms with van der Waals surface area (Å²) in [5.74, 6) is 5.70. The van der Waals surface area contributed by atoms with Gasteiger partial charge in [-0.15, -0.1) is 0 Å². The fourth-order valence-corrected chi connectivity index (χ4v) is 7.87. The highest BCUT2D eigenvalue weighted by Crippen LogP contribution is 2.40. The molecule has 2 aromatic carbocycles. The summed E-state index contributed by atoms with van der Waals surface area (Å²) in [4.78, 5) is 13.2. The molecule has 12 heteroatoms. The third kappa shape index (κ3) is 7.76. The number of phenolic OH excluding ortho intramolecular Hbond substituents is 2. The molecular formula is C30H34Cl2N4O3S3. The van der Waals surface area contributed by atoms with Gasteiger partial charge in [-0.25, -0.2) is 0 Å². The van der Waals surface area contributed by atoms with Crippen LogP contribution in [0.1, 0.15) is 0 Å². The zero-order valence-electron chi connectivity index (χ0n) is 23.2. The van der Waals surface area contributed by atoms with Crippen molar-refractivity contribution in [1.29, 1.82) is 0 Å². The van der Waals surface area contributed by atoms with Gasteiger partial charge in [-0.2, -0.15) is 35.3 Å². The van der Waals surface area contributed by atoms with E-state index in [-0.39, 0.29) is 11.5 Å². The zero-order chi connectivity index (χ0) is 29.3. The molecule has 0 bridgehead atoms. The minimum atomic E-state index is 0.163. The number of aromatic nitrogens is 2. The largest absolute Gasteiger partial charge is 0.504 e. The first kappa shape index (κ1) is 31.5. The Balaban J connectivity index is 1.33. The molecule has 3 heterocycles. The summed E-state index contributed by atoms with van der Waals surface area (Å²) in [5, 5.41) is 25.0. The first-order chi connectivity index (χ1) is 20.5. The number of hydrogen-bond donors (Lipinski definition) is 2. The molecule has 0 atom stereocenters. The Morgan fingerprint density at radius 1 is 0.643 bits per heavy atom. The van der Waals surface area contributed by atoms with Crippen LogP contribution in [0.15, 0.2) is 48.8 Å². The second-order valence-corrected chi connectivity index (χ2v) is 14.2. The molecule has 5 rings (SSSR count). The number of pyridine rings is 2. The Bertz CT molecular complexity index is 1390. The number of fused-ring (bicyclic) bond motifs is 2. The second-order valence-electron chi connectivity index (χ2n) is 9.67. The van der Waals surface area contributed by atoms with E-state index < -0.39 is 0 Å². The number of halogens is 2. The number of phenols is 2. The third-order valence-electron chi connectivity index (χ3n) is 7.04. The molecule has 2 N–H and O–H groups in total. The van der Waals surface area contributed by atoms with Crippen LogP contribution in [0.2, 0.25) is 10.0 Å². The Labute approximate surface area is 269 Å². The maximum Gasteiger partial charge on any atom is 0.165 e. The summed E-state index contributed by atoms with van der Waals surface area (Å²) in [7, 11) is 0. The van der Waals surface area contributed by atoms with Crippen molar-refractivity contribution in [3.05, 3.63) is 58.8 Å². The number of ether oxygens (including phenoxy) is 1. The molecule has 4 aromatic rings. The number of aromatic hydroxyl groups is 2. The second kappa shape index (κ2) is 15.7. The first-order valence-corrected chi connectivity index (χ1v) is 18.1. The molecule has 1 aliphatic heterocycles. The van der Waals surface area contributed by atoms with Gasteiger partial charge in [0.2, 0.25) is 0 Å². The normalized spacial score (nSPS) is 17.3. The van der Waals surface area contributed by atoms with Crippen molar-refractivity contribution in [2.45, 2.75) is 0 Å². The van der Waals surface area contributed by atoms with Crippen LogP contribution in [0.5, 0.6) is 11.5 Å². The highest BCUT2D eigenvalue weighted by molar-refractivity contribution is 7.99. The van der Waals surface area contributed by atoms with E-state index in [0.29, 0.717) is 45.7 Å². The van der Waals surface area contributed by atoms with E-state index in [9.17, 15) is 10.2 Å². The number of nitrogens with zero attached hydrogens (tertiary/aromatic N) is 4. The van der Waals surface area contributed by atoms with Crippen molar-refractivity contribution in [3.63, 3.8) is 0 Å². The van der Waals surface area contributed by atoms with E-state index in [2.05, 4.69) is 19.8 Å². The highest BCUT2D eigenvalue weighted by atomic mass is 35.5. The molecule has 224 valence electrons. The molecule has 1 fully saturated rings. The molecular weight excluding hydrogens is 631 g/mol. The van der Waals surface area contributed by atoms with Gasteiger partial charge in [-0.3, -0.25) is 9.97 Å². The minimum Gasteiger partial charge on any atom is -0.504 e. The van der Waals surface area contributed by atoms with Gasteiger partial charge in [0.05, 0.1) is 34.6 Å². The maximum absolute atomic E-state index is 11.2. The number of rotatable bonds is 2. The fraction of sp³-hybridized carbons (Fsp3) is 0.400. The lowest BCUT2D eigenvalue weighted by molar-refractivity contribution is 0.167. The zero-order valence-corrected chi connectivity index (χ0v) is 27.1. The van der Waals surface area contributed by atoms with Crippen molar-refractivity contribution in [3.8, 4) is 11.5 Å². The van der Waals surface area contributed by atoms with Crippen molar-refractivity contribution in [1.82, 2.24) is 9.97 Å².